The van der Waals surface area contributed by atoms with E-state index in [9.17, 15) is 4.79 Å². The van der Waals surface area contributed by atoms with Gasteiger partial charge < -0.3 is 10.1 Å². The molecule has 2 aromatic rings. The first-order chi connectivity index (χ1) is 11.6. The summed E-state index contributed by atoms with van der Waals surface area (Å²) in [6, 6.07) is 14.0. The summed E-state index contributed by atoms with van der Waals surface area (Å²) >= 11 is 0. The number of hydrogen-bond acceptors (Lipinski definition) is 2. The fraction of sp³-hybridized carbons (Fsp3) is 0.381. The van der Waals surface area contributed by atoms with Crippen molar-refractivity contribution in [2.75, 3.05) is 6.61 Å². The quantitative estimate of drug-likeness (QED) is 0.901. The maximum Gasteiger partial charge on any atom is 0.251 e. The zero-order valence-electron chi connectivity index (χ0n) is 14.5. The van der Waals surface area contributed by atoms with Crippen LogP contribution in [0.5, 0.6) is 5.75 Å². The molecule has 3 heteroatoms. The Morgan fingerprint density at radius 1 is 1.12 bits per heavy atom. The van der Waals surface area contributed by atoms with Gasteiger partial charge in [0.05, 0.1) is 6.04 Å². The van der Waals surface area contributed by atoms with Gasteiger partial charge in [-0.2, -0.15) is 0 Å². The standard InChI is InChI=1S/C21H25NO2/c1-15-7-3-6-10-20(15)24-14-16(2)22-21(23)19-12-11-17-8-4-5-9-18(17)13-19/h3,6-7,10-13,16H,4-5,8-9,14H2,1-2H3,(H,22,23). The number of hydrogen-bond donors (Lipinski definition) is 1. The van der Waals surface area contributed by atoms with E-state index in [1.807, 2.05) is 44.2 Å². The highest BCUT2D eigenvalue weighted by Gasteiger charge is 2.14. The molecule has 1 atom stereocenters. The maximum atomic E-state index is 12.5. The van der Waals surface area contributed by atoms with Crippen molar-refractivity contribution in [2.24, 2.45) is 0 Å². The lowest BCUT2D eigenvalue weighted by molar-refractivity contribution is 0.0926. The molecule has 0 fully saturated rings. The molecule has 0 bridgehead atoms. The number of carbonyl (C=O) groups excluding carboxylic acids is 1. The summed E-state index contributed by atoms with van der Waals surface area (Å²) in [7, 11) is 0. The first-order valence-electron chi connectivity index (χ1n) is 8.74. The number of nitrogens with one attached hydrogen (secondary N) is 1. The number of ether oxygens (including phenoxy) is 1. The topological polar surface area (TPSA) is 38.3 Å². The number of benzene rings is 2. The molecule has 2 aromatic carbocycles. The molecular formula is C21H25NO2. The summed E-state index contributed by atoms with van der Waals surface area (Å²) < 4.78 is 5.81. The normalized spacial score (nSPS) is 14.6. The minimum absolute atomic E-state index is 0.0238. The highest BCUT2D eigenvalue weighted by molar-refractivity contribution is 5.94. The average molecular weight is 323 g/mol. The molecule has 3 nitrogen and oxygen atoms in total. The molecule has 24 heavy (non-hydrogen) atoms. The van der Waals surface area contributed by atoms with Crippen molar-refractivity contribution in [3.63, 3.8) is 0 Å². The first kappa shape index (κ1) is 16.6. The highest BCUT2D eigenvalue weighted by atomic mass is 16.5. The fourth-order valence-electron chi connectivity index (χ4n) is 3.16. The Morgan fingerprint density at radius 3 is 2.67 bits per heavy atom. The second-order valence-corrected chi connectivity index (χ2v) is 6.64. The number of para-hydroxylation sites is 1. The maximum absolute atomic E-state index is 12.5. The van der Waals surface area contributed by atoms with E-state index < -0.39 is 0 Å². The number of fused-ring (bicyclic) bond motifs is 1. The molecule has 0 aromatic heterocycles. The van der Waals surface area contributed by atoms with Crippen molar-refractivity contribution in [2.45, 2.75) is 45.6 Å². The SMILES string of the molecule is Cc1ccccc1OCC(C)NC(=O)c1ccc2c(c1)CCCC2. The van der Waals surface area contributed by atoms with E-state index in [0.29, 0.717) is 6.61 Å². The molecule has 126 valence electrons. The molecule has 0 aliphatic heterocycles. The van der Waals surface area contributed by atoms with Crippen molar-refractivity contribution in [3.8, 4) is 5.75 Å². The van der Waals surface area contributed by atoms with Gasteiger partial charge in [0.2, 0.25) is 0 Å². The third kappa shape index (κ3) is 3.97. The van der Waals surface area contributed by atoms with Crippen molar-refractivity contribution in [3.05, 3.63) is 64.7 Å². The summed E-state index contributed by atoms with van der Waals surface area (Å²) in [5.74, 6) is 0.844. The smallest absolute Gasteiger partial charge is 0.251 e. The lowest BCUT2D eigenvalue weighted by atomic mass is 9.90. The summed E-state index contributed by atoms with van der Waals surface area (Å²) in [6.07, 6.45) is 4.70. The van der Waals surface area contributed by atoms with E-state index in [-0.39, 0.29) is 11.9 Å². The van der Waals surface area contributed by atoms with Gasteiger partial charge in [-0.3, -0.25) is 4.79 Å². The molecule has 1 amide bonds. The monoisotopic (exact) mass is 323 g/mol. The third-order valence-corrected chi connectivity index (χ3v) is 4.57. The number of carbonyl (C=O) groups is 1. The molecule has 1 unspecified atom stereocenters. The average Bonchev–Trinajstić information content (AvgIpc) is 2.60. The summed E-state index contributed by atoms with van der Waals surface area (Å²) in [4.78, 5) is 12.5. The van der Waals surface area contributed by atoms with Gasteiger partial charge in [0.1, 0.15) is 12.4 Å². The molecule has 0 saturated heterocycles. The molecular weight excluding hydrogens is 298 g/mol. The second-order valence-electron chi connectivity index (χ2n) is 6.64. The van der Waals surface area contributed by atoms with Crippen molar-refractivity contribution >= 4 is 5.91 Å². The van der Waals surface area contributed by atoms with Crippen molar-refractivity contribution < 1.29 is 9.53 Å². The van der Waals surface area contributed by atoms with Crippen molar-refractivity contribution in [1.82, 2.24) is 5.32 Å². The van der Waals surface area contributed by atoms with E-state index in [0.717, 1.165) is 29.7 Å². The van der Waals surface area contributed by atoms with E-state index in [4.69, 9.17) is 4.74 Å². The van der Waals surface area contributed by atoms with E-state index in [2.05, 4.69) is 17.4 Å². The zero-order valence-corrected chi connectivity index (χ0v) is 14.5. The Labute approximate surface area is 144 Å². The largest absolute Gasteiger partial charge is 0.491 e. The van der Waals surface area contributed by atoms with E-state index in [1.54, 1.807) is 0 Å². The number of amides is 1. The molecule has 1 aliphatic rings. The lowest BCUT2D eigenvalue weighted by Gasteiger charge is -2.18. The Hall–Kier alpha value is -2.29. The molecule has 0 saturated carbocycles. The Kier molecular flexibility index (Phi) is 5.19. The van der Waals surface area contributed by atoms with Gasteiger partial charge in [0.15, 0.2) is 0 Å². The second kappa shape index (κ2) is 7.52. The van der Waals surface area contributed by atoms with Crippen LogP contribution in [0.25, 0.3) is 0 Å². The van der Waals surface area contributed by atoms with Crippen LogP contribution < -0.4 is 10.1 Å². The predicted octanol–water partition coefficient (Wildman–Crippen LogP) is 4.07. The Bertz CT molecular complexity index is 724. The molecule has 0 radical (unpaired) electrons. The molecule has 0 heterocycles. The van der Waals surface area contributed by atoms with Crippen LogP contribution >= 0.6 is 0 Å². The summed E-state index contributed by atoms with van der Waals surface area (Å²) in [5.41, 5.74) is 4.58. The summed E-state index contributed by atoms with van der Waals surface area (Å²) in [6.45, 7) is 4.45. The van der Waals surface area contributed by atoms with Gasteiger partial charge >= 0.3 is 0 Å². The molecule has 0 spiro atoms. The van der Waals surface area contributed by atoms with Gasteiger partial charge in [-0.15, -0.1) is 0 Å². The fourth-order valence-corrected chi connectivity index (χ4v) is 3.16. The summed E-state index contributed by atoms with van der Waals surface area (Å²) in [5, 5.41) is 3.03. The van der Waals surface area contributed by atoms with E-state index in [1.165, 1.54) is 24.0 Å². The predicted molar refractivity (Wildman–Crippen MR) is 96.7 cm³/mol. The minimum atomic E-state index is -0.0480. The van der Waals surface area contributed by atoms with Crippen LogP contribution in [-0.4, -0.2) is 18.6 Å². The van der Waals surface area contributed by atoms with Crippen LogP contribution in [0, 0.1) is 6.92 Å². The highest BCUT2D eigenvalue weighted by Crippen LogP contribution is 2.22. The molecule has 3 rings (SSSR count). The van der Waals surface area contributed by atoms with Gasteiger partial charge in [-0.1, -0.05) is 24.3 Å². The number of rotatable bonds is 5. The van der Waals surface area contributed by atoms with Gasteiger partial charge in [0.25, 0.3) is 5.91 Å². The first-order valence-corrected chi connectivity index (χ1v) is 8.74. The van der Waals surface area contributed by atoms with Gasteiger partial charge in [0, 0.05) is 5.56 Å². The third-order valence-electron chi connectivity index (χ3n) is 4.57. The van der Waals surface area contributed by atoms with Crippen LogP contribution in [0.2, 0.25) is 0 Å². The lowest BCUT2D eigenvalue weighted by Crippen LogP contribution is -2.36. The van der Waals surface area contributed by atoms with Gasteiger partial charge in [-0.05, 0) is 74.4 Å². The molecule has 1 N–H and O–H groups in total. The zero-order chi connectivity index (χ0) is 16.9. The Morgan fingerprint density at radius 2 is 1.88 bits per heavy atom. The van der Waals surface area contributed by atoms with Crippen LogP contribution in [-0.2, 0) is 12.8 Å². The Balaban J connectivity index is 1.57. The van der Waals surface area contributed by atoms with Crippen molar-refractivity contribution in [1.29, 1.82) is 0 Å². The van der Waals surface area contributed by atoms with Crippen LogP contribution in [0.4, 0.5) is 0 Å². The van der Waals surface area contributed by atoms with E-state index >= 15 is 0 Å². The van der Waals surface area contributed by atoms with Crippen LogP contribution in [0.1, 0.15) is 46.8 Å². The van der Waals surface area contributed by atoms with Crippen LogP contribution in [0.15, 0.2) is 42.5 Å². The number of aryl methyl sites for hydroxylation is 3. The van der Waals surface area contributed by atoms with Crippen LogP contribution in [0.3, 0.4) is 0 Å². The minimum Gasteiger partial charge on any atom is -0.491 e. The molecule has 1 aliphatic carbocycles. The van der Waals surface area contributed by atoms with Gasteiger partial charge in [-0.25, -0.2) is 0 Å².